The summed E-state index contributed by atoms with van der Waals surface area (Å²) in [6.45, 7) is 9.66. The van der Waals surface area contributed by atoms with Gasteiger partial charge in [0.05, 0.1) is 0 Å². The second kappa shape index (κ2) is 5.66. The molecule has 0 aliphatic carbocycles. The van der Waals surface area contributed by atoms with Crippen LogP contribution >= 0.6 is 0 Å². The largest absolute Gasteiger partial charge is 0.285 e. The van der Waals surface area contributed by atoms with Crippen LogP contribution in [0.4, 0.5) is 0 Å². The van der Waals surface area contributed by atoms with Crippen molar-refractivity contribution >= 4 is 5.91 Å². The van der Waals surface area contributed by atoms with Gasteiger partial charge in [-0.15, -0.1) is 0 Å². The van der Waals surface area contributed by atoms with Gasteiger partial charge < -0.3 is 0 Å². The van der Waals surface area contributed by atoms with Crippen molar-refractivity contribution in [3.8, 4) is 0 Å². The van der Waals surface area contributed by atoms with Crippen molar-refractivity contribution in [2.24, 2.45) is 0 Å². The summed E-state index contributed by atoms with van der Waals surface area (Å²) in [6.07, 6.45) is 0. The first-order valence-electron chi connectivity index (χ1n) is 5.72. The van der Waals surface area contributed by atoms with Crippen molar-refractivity contribution in [1.82, 2.24) is 10.4 Å². The summed E-state index contributed by atoms with van der Waals surface area (Å²) < 4.78 is 0. The molecule has 0 fully saturated rings. The van der Waals surface area contributed by atoms with Gasteiger partial charge in [-0.2, -0.15) is 0 Å². The molecule has 1 amide bonds. The van der Waals surface area contributed by atoms with Crippen LogP contribution < -0.4 is 5.43 Å². The molecular weight excluding hydrogens is 200 g/mol. The minimum atomic E-state index is -0.0232. The van der Waals surface area contributed by atoms with Gasteiger partial charge in [-0.05, 0) is 31.0 Å². The molecule has 0 aromatic heterocycles. The molecule has 1 rings (SSSR count). The van der Waals surface area contributed by atoms with Gasteiger partial charge in [0.25, 0.3) is 5.91 Å². The molecule has 1 aromatic carbocycles. The maximum Gasteiger partial charge on any atom is 0.265 e. The molecular formula is C13H20N2O. The van der Waals surface area contributed by atoms with Crippen molar-refractivity contribution in [2.45, 2.75) is 27.7 Å². The minimum absolute atomic E-state index is 0.0232. The van der Waals surface area contributed by atoms with Gasteiger partial charge in [0.1, 0.15) is 0 Å². The molecule has 0 saturated heterocycles. The Morgan fingerprint density at radius 2 is 1.88 bits per heavy atom. The quantitative estimate of drug-likeness (QED) is 0.790. The van der Waals surface area contributed by atoms with Gasteiger partial charge in [-0.1, -0.05) is 26.0 Å². The monoisotopic (exact) mass is 220 g/mol. The Bertz CT molecular complexity index is 370. The number of hydrogen-bond donors (Lipinski definition) is 1. The number of rotatable bonds is 4. The third-order valence-electron chi connectivity index (χ3n) is 2.87. The van der Waals surface area contributed by atoms with Crippen molar-refractivity contribution < 1.29 is 4.79 Å². The molecule has 0 aliphatic heterocycles. The van der Waals surface area contributed by atoms with E-state index in [0.717, 1.165) is 29.8 Å². The fourth-order valence-corrected chi connectivity index (χ4v) is 1.58. The molecule has 0 unspecified atom stereocenters. The Hall–Kier alpha value is -1.35. The molecule has 88 valence electrons. The molecule has 16 heavy (non-hydrogen) atoms. The topological polar surface area (TPSA) is 32.3 Å². The first-order valence-corrected chi connectivity index (χ1v) is 5.72. The second-order valence-corrected chi connectivity index (χ2v) is 3.86. The molecule has 0 aliphatic rings. The highest BCUT2D eigenvalue weighted by Gasteiger charge is 2.11. The first kappa shape index (κ1) is 12.7. The van der Waals surface area contributed by atoms with E-state index in [2.05, 4.69) is 5.43 Å². The highest BCUT2D eigenvalue weighted by atomic mass is 16.2. The molecule has 0 radical (unpaired) electrons. The zero-order valence-electron chi connectivity index (χ0n) is 10.5. The summed E-state index contributed by atoms with van der Waals surface area (Å²) in [5.74, 6) is -0.0232. The van der Waals surface area contributed by atoms with Crippen LogP contribution in [-0.4, -0.2) is 24.0 Å². The van der Waals surface area contributed by atoms with E-state index in [1.165, 1.54) is 0 Å². The molecule has 0 heterocycles. The van der Waals surface area contributed by atoms with Crippen molar-refractivity contribution in [3.05, 3.63) is 34.9 Å². The van der Waals surface area contributed by atoms with Crippen LogP contribution in [0.25, 0.3) is 0 Å². The van der Waals surface area contributed by atoms with E-state index >= 15 is 0 Å². The predicted molar refractivity (Wildman–Crippen MR) is 66.3 cm³/mol. The maximum absolute atomic E-state index is 12.0. The Morgan fingerprint density at radius 1 is 1.25 bits per heavy atom. The summed E-state index contributed by atoms with van der Waals surface area (Å²) in [4.78, 5) is 12.0. The Labute approximate surface area is 97.4 Å². The van der Waals surface area contributed by atoms with Gasteiger partial charge in [-0.25, -0.2) is 5.01 Å². The molecule has 0 atom stereocenters. The number of hydrazine groups is 1. The van der Waals surface area contributed by atoms with E-state index in [0.29, 0.717) is 0 Å². The lowest BCUT2D eigenvalue weighted by Gasteiger charge is -2.20. The summed E-state index contributed by atoms with van der Waals surface area (Å²) in [5.41, 5.74) is 5.85. The van der Waals surface area contributed by atoms with Crippen LogP contribution in [0.15, 0.2) is 18.2 Å². The zero-order valence-corrected chi connectivity index (χ0v) is 10.5. The molecule has 3 nitrogen and oxygen atoms in total. The first-order chi connectivity index (χ1) is 7.60. The Kier molecular flexibility index (Phi) is 4.50. The Balaban J connectivity index is 2.84. The van der Waals surface area contributed by atoms with E-state index in [4.69, 9.17) is 0 Å². The van der Waals surface area contributed by atoms with Crippen LogP contribution in [-0.2, 0) is 0 Å². The van der Waals surface area contributed by atoms with Gasteiger partial charge in [-0.3, -0.25) is 10.2 Å². The van der Waals surface area contributed by atoms with Crippen molar-refractivity contribution in [2.75, 3.05) is 13.1 Å². The molecule has 0 spiro atoms. The SMILES string of the molecule is CCN(CC)NC(=O)c1cccc(C)c1C. The summed E-state index contributed by atoms with van der Waals surface area (Å²) in [7, 11) is 0. The fourth-order valence-electron chi connectivity index (χ4n) is 1.58. The molecule has 0 bridgehead atoms. The molecule has 1 N–H and O–H groups in total. The minimum Gasteiger partial charge on any atom is -0.285 e. The normalized spacial score (nSPS) is 10.6. The van der Waals surface area contributed by atoms with E-state index in [9.17, 15) is 4.79 Å². The van der Waals surface area contributed by atoms with Crippen LogP contribution in [0, 0.1) is 13.8 Å². The number of nitrogens with one attached hydrogen (secondary N) is 1. The second-order valence-electron chi connectivity index (χ2n) is 3.86. The number of hydrogen-bond acceptors (Lipinski definition) is 2. The number of carbonyl (C=O) groups excluding carboxylic acids is 1. The number of carbonyl (C=O) groups is 1. The van der Waals surface area contributed by atoms with Crippen molar-refractivity contribution in [3.63, 3.8) is 0 Å². The summed E-state index contributed by atoms with van der Waals surface area (Å²) in [6, 6.07) is 5.80. The van der Waals surface area contributed by atoms with E-state index in [1.807, 2.05) is 50.9 Å². The number of aryl methyl sites for hydroxylation is 1. The van der Waals surface area contributed by atoms with Crippen LogP contribution in [0.1, 0.15) is 35.3 Å². The van der Waals surface area contributed by atoms with Crippen LogP contribution in [0.5, 0.6) is 0 Å². The van der Waals surface area contributed by atoms with E-state index in [1.54, 1.807) is 0 Å². The highest BCUT2D eigenvalue weighted by Crippen LogP contribution is 2.12. The average molecular weight is 220 g/mol. The lowest BCUT2D eigenvalue weighted by molar-refractivity contribution is 0.0805. The smallest absolute Gasteiger partial charge is 0.265 e. The third kappa shape index (κ3) is 2.83. The molecule has 1 aromatic rings. The lowest BCUT2D eigenvalue weighted by Crippen LogP contribution is -2.42. The van der Waals surface area contributed by atoms with Crippen LogP contribution in [0.2, 0.25) is 0 Å². The number of nitrogens with zero attached hydrogens (tertiary/aromatic N) is 1. The summed E-state index contributed by atoms with van der Waals surface area (Å²) in [5, 5.41) is 1.89. The maximum atomic E-state index is 12.0. The van der Waals surface area contributed by atoms with Gasteiger partial charge in [0, 0.05) is 18.7 Å². The average Bonchev–Trinajstić information content (AvgIpc) is 2.29. The van der Waals surface area contributed by atoms with Gasteiger partial charge in [0.15, 0.2) is 0 Å². The standard InChI is InChI=1S/C13H20N2O/c1-5-15(6-2)14-13(16)12-9-7-8-10(3)11(12)4/h7-9H,5-6H2,1-4H3,(H,14,16). The van der Waals surface area contributed by atoms with Gasteiger partial charge in [0.2, 0.25) is 0 Å². The van der Waals surface area contributed by atoms with Crippen LogP contribution in [0.3, 0.4) is 0 Å². The number of benzene rings is 1. The van der Waals surface area contributed by atoms with E-state index in [-0.39, 0.29) is 5.91 Å². The predicted octanol–water partition coefficient (Wildman–Crippen LogP) is 2.29. The lowest BCUT2D eigenvalue weighted by atomic mass is 10.0. The Morgan fingerprint density at radius 3 is 2.44 bits per heavy atom. The van der Waals surface area contributed by atoms with Gasteiger partial charge >= 0.3 is 0 Å². The highest BCUT2D eigenvalue weighted by molar-refractivity contribution is 5.95. The van der Waals surface area contributed by atoms with Crippen molar-refractivity contribution in [1.29, 1.82) is 0 Å². The number of amides is 1. The van der Waals surface area contributed by atoms with E-state index < -0.39 is 0 Å². The molecule has 0 saturated carbocycles. The third-order valence-corrected chi connectivity index (χ3v) is 2.87. The molecule has 3 heteroatoms. The fraction of sp³-hybridized carbons (Fsp3) is 0.462. The zero-order chi connectivity index (χ0) is 12.1. The summed E-state index contributed by atoms with van der Waals surface area (Å²) >= 11 is 0.